The fourth-order valence-corrected chi connectivity index (χ4v) is 10.1. The summed E-state index contributed by atoms with van der Waals surface area (Å²) >= 11 is 0. The van der Waals surface area contributed by atoms with Crippen LogP contribution in [0.5, 0.6) is 0 Å². The summed E-state index contributed by atoms with van der Waals surface area (Å²) in [5.74, 6) is 1.99. The number of nitrogens with zero attached hydrogens (tertiary/aromatic N) is 4. The molecule has 58 heavy (non-hydrogen) atoms. The lowest BCUT2D eigenvalue weighted by atomic mass is 9.63. The van der Waals surface area contributed by atoms with Crippen LogP contribution in [0.1, 0.15) is 76.6 Å². The second-order valence-electron chi connectivity index (χ2n) is 18.3. The Morgan fingerprint density at radius 2 is 1.00 bits per heavy atom. The molecule has 0 bridgehead atoms. The topological polar surface area (TPSA) is 43.6 Å². The lowest BCUT2D eigenvalue weighted by Gasteiger charge is -2.42. The summed E-state index contributed by atoms with van der Waals surface area (Å²) in [7, 11) is 0. The van der Waals surface area contributed by atoms with Gasteiger partial charge in [-0.2, -0.15) is 0 Å². The van der Waals surface area contributed by atoms with Crippen molar-refractivity contribution in [2.45, 2.75) is 70.6 Å². The van der Waals surface area contributed by atoms with Gasteiger partial charge in [-0.05, 0) is 116 Å². The van der Waals surface area contributed by atoms with E-state index < -0.39 is 0 Å². The Kier molecular flexibility index (Phi) is 7.39. The molecule has 0 saturated heterocycles. The van der Waals surface area contributed by atoms with Gasteiger partial charge in [0.25, 0.3) is 0 Å². The van der Waals surface area contributed by atoms with Gasteiger partial charge in [0.15, 0.2) is 17.5 Å². The summed E-state index contributed by atoms with van der Waals surface area (Å²) in [6, 6.07) is 53.0. The minimum Gasteiger partial charge on any atom is -0.309 e. The van der Waals surface area contributed by atoms with Crippen molar-refractivity contribution in [3.63, 3.8) is 0 Å². The third-order valence-electron chi connectivity index (χ3n) is 13.5. The molecule has 0 aliphatic heterocycles. The largest absolute Gasteiger partial charge is 0.309 e. The standard InChI is InChI=1S/C54H46N4/c1-52(2)28-29-53(3,4)46-32-48-42(31-45(46)52)40-18-10-12-21-47(40)58(48)36-25-22-34(23-26-36)49-55-50(57-51(56-49)41-19-13-15-33-14-7-8-16-37(33)41)35-24-27-39-38-17-9-11-20-43(38)54(5,6)44(39)30-35/h7-27,30-32H,28-29H2,1-6H3. The van der Waals surface area contributed by atoms with Crippen LogP contribution in [0.3, 0.4) is 0 Å². The normalized spacial score (nSPS) is 16.0. The van der Waals surface area contributed by atoms with Crippen molar-refractivity contribution in [3.05, 3.63) is 168 Å². The number of benzene rings is 7. The highest BCUT2D eigenvalue weighted by Crippen LogP contribution is 2.50. The summed E-state index contributed by atoms with van der Waals surface area (Å²) in [5.41, 5.74) is 14.8. The summed E-state index contributed by atoms with van der Waals surface area (Å²) in [4.78, 5) is 15.7. The Labute approximate surface area is 340 Å². The molecule has 0 radical (unpaired) electrons. The minimum atomic E-state index is -0.135. The van der Waals surface area contributed by atoms with Gasteiger partial charge in [-0.15, -0.1) is 0 Å². The van der Waals surface area contributed by atoms with Crippen molar-refractivity contribution >= 4 is 32.6 Å². The van der Waals surface area contributed by atoms with Crippen LogP contribution in [0.15, 0.2) is 146 Å². The first kappa shape index (κ1) is 34.8. The third-order valence-corrected chi connectivity index (χ3v) is 13.5. The van der Waals surface area contributed by atoms with Crippen LogP contribution in [0.25, 0.3) is 83.6 Å². The molecule has 2 aromatic heterocycles. The molecule has 4 heteroatoms. The van der Waals surface area contributed by atoms with Gasteiger partial charge in [-0.3, -0.25) is 0 Å². The molecular formula is C54H46N4. The number of para-hydroxylation sites is 1. The van der Waals surface area contributed by atoms with Gasteiger partial charge in [0.05, 0.1) is 11.0 Å². The smallest absolute Gasteiger partial charge is 0.164 e. The van der Waals surface area contributed by atoms with Crippen LogP contribution in [-0.4, -0.2) is 19.5 Å². The van der Waals surface area contributed by atoms with Crippen molar-refractivity contribution in [1.29, 1.82) is 0 Å². The lowest BCUT2D eigenvalue weighted by molar-refractivity contribution is 0.332. The first-order valence-electron chi connectivity index (χ1n) is 20.7. The van der Waals surface area contributed by atoms with E-state index in [4.69, 9.17) is 15.0 Å². The number of hydrogen-bond acceptors (Lipinski definition) is 3. The molecule has 0 atom stereocenters. The van der Waals surface area contributed by atoms with E-state index in [1.54, 1.807) is 0 Å². The maximum absolute atomic E-state index is 5.24. The average molecular weight is 751 g/mol. The van der Waals surface area contributed by atoms with Crippen molar-refractivity contribution in [1.82, 2.24) is 19.5 Å². The second-order valence-corrected chi connectivity index (χ2v) is 18.3. The van der Waals surface area contributed by atoms with Crippen LogP contribution in [0.2, 0.25) is 0 Å². The van der Waals surface area contributed by atoms with Crippen LogP contribution < -0.4 is 0 Å². The fourth-order valence-electron chi connectivity index (χ4n) is 10.1. The minimum absolute atomic E-state index is 0.112. The molecule has 0 unspecified atom stereocenters. The van der Waals surface area contributed by atoms with Gasteiger partial charge in [0.2, 0.25) is 0 Å². The fraction of sp³-hybridized carbons (Fsp3) is 0.204. The number of aromatic nitrogens is 4. The van der Waals surface area contributed by atoms with Crippen molar-refractivity contribution in [2.75, 3.05) is 0 Å². The van der Waals surface area contributed by atoms with E-state index in [2.05, 4.69) is 192 Å². The SMILES string of the molecule is CC1(C)CCC(C)(C)c2cc3c(cc21)c1ccccc1n3-c1ccc(-c2nc(-c3ccc4c(c3)C(C)(C)c3ccccc3-4)nc(-c3cccc4ccccc34)n2)cc1. The zero-order chi connectivity index (χ0) is 39.6. The maximum atomic E-state index is 5.24. The Morgan fingerprint density at radius 1 is 0.414 bits per heavy atom. The highest BCUT2D eigenvalue weighted by atomic mass is 15.0. The lowest BCUT2D eigenvalue weighted by Crippen LogP contribution is -2.33. The van der Waals surface area contributed by atoms with Gasteiger partial charge in [0.1, 0.15) is 0 Å². The molecule has 11 rings (SSSR count). The molecule has 2 aliphatic carbocycles. The number of rotatable bonds is 4. The van der Waals surface area contributed by atoms with Crippen LogP contribution in [-0.2, 0) is 16.2 Å². The molecule has 0 fully saturated rings. The summed E-state index contributed by atoms with van der Waals surface area (Å²) in [6.07, 6.45) is 2.37. The van der Waals surface area contributed by atoms with Crippen molar-refractivity contribution in [2.24, 2.45) is 0 Å². The van der Waals surface area contributed by atoms with Crippen molar-refractivity contribution < 1.29 is 0 Å². The highest BCUT2D eigenvalue weighted by molar-refractivity contribution is 6.10. The van der Waals surface area contributed by atoms with Gasteiger partial charge in [0, 0.05) is 38.6 Å². The van der Waals surface area contributed by atoms with E-state index in [0.717, 1.165) is 33.2 Å². The van der Waals surface area contributed by atoms with Gasteiger partial charge in [-0.25, -0.2) is 15.0 Å². The van der Waals surface area contributed by atoms with E-state index in [9.17, 15) is 0 Å². The Bertz CT molecular complexity index is 3140. The average Bonchev–Trinajstić information content (AvgIpc) is 3.69. The number of hydrogen-bond donors (Lipinski definition) is 0. The Morgan fingerprint density at radius 3 is 1.79 bits per heavy atom. The highest BCUT2D eigenvalue weighted by Gasteiger charge is 2.38. The zero-order valence-electron chi connectivity index (χ0n) is 34.1. The van der Waals surface area contributed by atoms with Crippen LogP contribution in [0, 0.1) is 0 Å². The second kappa shape index (κ2) is 12.3. The van der Waals surface area contributed by atoms with Crippen molar-refractivity contribution in [3.8, 4) is 51.0 Å². The molecule has 0 spiro atoms. The summed E-state index contributed by atoms with van der Waals surface area (Å²) in [6.45, 7) is 14.3. The molecule has 9 aromatic rings. The quantitative estimate of drug-likeness (QED) is 0.180. The molecular weight excluding hydrogens is 705 g/mol. The van der Waals surface area contributed by atoms with Gasteiger partial charge < -0.3 is 4.57 Å². The third kappa shape index (κ3) is 5.17. The molecule has 0 N–H and O–H groups in total. The molecule has 282 valence electrons. The van der Waals surface area contributed by atoms with E-state index in [0.29, 0.717) is 17.5 Å². The van der Waals surface area contributed by atoms with E-state index in [-0.39, 0.29) is 16.2 Å². The zero-order valence-corrected chi connectivity index (χ0v) is 34.1. The molecule has 0 amide bonds. The van der Waals surface area contributed by atoms with E-state index in [1.807, 2.05) is 0 Å². The van der Waals surface area contributed by atoms with Gasteiger partial charge in [-0.1, -0.05) is 139 Å². The molecule has 2 aliphatic rings. The van der Waals surface area contributed by atoms with E-state index in [1.165, 1.54) is 68.0 Å². The van der Waals surface area contributed by atoms with Crippen LogP contribution >= 0.6 is 0 Å². The predicted molar refractivity (Wildman–Crippen MR) is 241 cm³/mol. The number of fused-ring (bicyclic) bond motifs is 8. The van der Waals surface area contributed by atoms with Crippen LogP contribution in [0.4, 0.5) is 0 Å². The predicted octanol–water partition coefficient (Wildman–Crippen LogP) is 13.8. The molecule has 7 aromatic carbocycles. The molecule has 4 nitrogen and oxygen atoms in total. The Hall–Kier alpha value is -6.39. The monoisotopic (exact) mass is 750 g/mol. The van der Waals surface area contributed by atoms with E-state index >= 15 is 0 Å². The molecule has 0 saturated carbocycles. The summed E-state index contributed by atoms with van der Waals surface area (Å²) in [5, 5.41) is 4.87. The first-order valence-corrected chi connectivity index (χ1v) is 20.7. The molecule has 2 heterocycles. The van der Waals surface area contributed by atoms with Gasteiger partial charge >= 0.3 is 0 Å². The maximum Gasteiger partial charge on any atom is 0.164 e. The Balaban J connectivity index is 1.07. The first-order chi connectivity index (χ1) is 28.0. The summed E-state index contributed by atoms with van der Waals surface area (Å²) < 4.78 is 2.44.